The van der Waals surface area contributed by atoms with Crippen LogP contribution in [0.3, 0.4) is 0 Å². The fourth-order valence-electron chi connectivity index (χ4n) is 2.41. The van der Waals surface area contributed by atoms with Crippen LogP contribution in [0.4, 0.5) is 0 Å². The van der Waals surface area contributed by atoms with Crippen molar-refractivity contribution in [2.75, 3.05) is 0 Å². The first-order valence-electron chi connectivity index (χ1n) is 6.14. The van der Waals surface area contributed by atoms with E-state index in [9.17, 15) is 0 Å². The summed E-state index contributed by atoms with van der Waals surface area (Å²) < 4.78 is 0. The molecule has 0 saturated heterocycles. The van der Waals surface area contributed by atoms with E-state index < -0.39 is 0 Å². The van der Waals surface area contributed by atoms with E-state index in [1.807, 2.05) is 0 Å². The predicted octanol–water partition coefficient (Wildman–Crippen LogP) is 4.74. The summed E-state index contributed by atoms with van der Waals surface area (Å²) >= 11 is 0. The van der Waals surface area contributed by atoms with Crippen molar-refractivity contribution in [3.63, 3.8) is 0 Å². The van der Waals surface area contributed by atoms with Crippen LogP contribution in [-0.4, -0.2) is 0 Å². The topological polar surface area (TPSA) is 0 Å². The molecule has 1 aliphatic carbocycles. The highest BCUT2D eigenvalue weighted by Gasteiger charge is 2.16. The summed E-state index contributed by atoms with van der Waals surface area (Å²) in [4.78, 5) is 0. The van der Waals surface area contributed by atoms with E-state index in [1.54, 1.807) is 5.92 Å². The smallest absolute Gasteiger partial charge is 0.0651 e. The van der Waals surface area contributed by atoms with Gasteiger partial charge in [-0.3, -0.25) is 0 Å². The van der Waals surface area contributed by atoms with E-state index in [1.165, 1.54) is 57.8 Å². The molecule has 0 aromatic heterocycles. The first-order chi connectivity index (χ1) is 6.33. The lowest BCUT2D eigenvalue weighted by Gasteiger charge is -2.15. The molecule has 13 heavy (non-hydrogen) atoms. The van der Waals surface area contributed by atoms with E-state index >= 15 is 0 Å². The second-order valence-electron chi connectivity index (χ2n) is 4.72. The van der Waals surface area contributed by atoms with Crippen LogP contribution < -0.4 is 0 Å². The summed E-state index contributed by atoms with van der Waals surface area (Å²) in [6.45, 7) is 4.70. The van der Waals surface area contributed by atoms with Gasteiger partial charge in [-0.15, -0.1) is 0 Å². The van der Waals surface area contributed by atoms with Crippen molar-refractivity contribution in [2.45, 2.75) is 71.6 Å². The Hall–Kier alpha value is -0.130. The Morgan fingerprint density at radius 2 is 1.69 bits per heavy atom. The molecule has 0 radical (unpaired) electrons. The first-order valence-corrected chi connectivity index (χ1v) is 6.14. The van der Waals surface area contributed by atoms with Gasteiger partial charge in [-0.2, -0.15) is 0 Å². The monoisotopic (exact) mass is 181 g/mol. The quantitative estimate of drug-likeness (QED) is 0.512. The van der Waals surface area contributed by atoms with Crippen molar-refractivity contribution >= 4 is 0 Å². The van der Waals surface area contributed by atoms with Crippen molar-refractivity contribution in [1.29, 1.82) is 0 Å². The summed E-state index contributed by atoms with van der Waals surface area (Å²) in [6.07, 6.45) is 13.0. The molecule has 1 fully saturated rings. The van der Waals surface area contributed by atoms with E-state index in [2.05, 4.69) is 13.8 Å². The Morgan fingerprint density at radius 1 is 1.00 bits per heavy atom. The van der Waals surface area contributed by atoms with Crippen LogP contribution in [0.5, 0.6) is 0 Å². The van der Waals surface area contributed by atoms with E-state index in [0.717, 1.165) is 5.92 Å². The average Bonchev–Trinajstić information content (AvgIpc) is 2.15. The van der Waals surface area contributed by atoms with Gasteiger partial charge in [0.2, 0.25) is 0 Å². The normalized spacial score (nSPS) is 27.2. The van der Waals surface area contributed by atoms with Crippen molar-refractivity contribution in [2.24, 2.45) is 5.92 Å². The molecule has 0 N–H and O–H groups in total. The second-order valence-corrected chi connectivity index (χ2v) is 4.72. The zero-order chi connectivity index (χ0) is 9.52. The van der Waals surface area contributed by atoms with E-state index in [4.69, 9.17) is 0 Å². The largest absolute Gasteiger partial charge is 0.0897 e. The maximum absolute atomic E-state index is 2.35. The van der Waals surface area contributed by atoms with Gasteiger partial charge in [0, 0.05) is 0 Å². The van der Waals surface area contributed by atoms with Crippen molar-refractivity contribution in [3.8, 4) is 0 Å². The highest BCUT2D eigenvalue weighted by molar-refractivity contribution is 4.84. The Morgan fingerprint density at radius 3 is 2.46 bits per heavy atom. The summed E-state index contributed by atoms with van der Waals surface area (Å²) in [5.74, 6) is 2.78. The number of hydrogen-bond acceptors (Lipinski definition) is 0. The molecular formula is C13H25+. The highest BCUT2D eigenvalue weighted by Crippen LogP contribution is 2.26. The molecule has 0 amide bonds. The lowest BCUT2D eigenvalue weighted by molar-refractivity contribution is 0.387. The first kappa shape index (κ1) is 10.9. The van der Waals surface area contributed by atoms with Crippen molar-refractivity contribution in [1.82, 2.24) is 0 Å². The van der Waals surface area contributed by atoms with Gasteiger partial charge in [0.25, 0.3) is 0 Å². The molecule has 0 nitrogen and oxygen atoms in total. The van der Waals surface area contributed by atoms with Gasteiger partial charge in [-0.1, -0.05) is 26.2 Å². The Balaban J connectivity index is 2.25. The van der Waals surface area contributed by atoms with Crippen LogP contribution in [0.15, 0.2) is 0 Å². The average molecular weight is 181 g/mol. The lowest BCUT2D eigenvalue weighted by Crippen LogP contribution is -2.03. The third kappa shape index (κ3) is 4.59. The van der Waals surface area contributed by atoms with Crippen LogP contribution in [0.1, 0.15) is 71.6 Å². The van der Waals surface area contributed by atoms with Gasteiger partial charge in [0.05, 0.1) is 25.7 Å². The molecule has 0 aromatic rings. The third-order valence-electron chi connectivity index (χ3n) is 3.51. The fourth-order valence-corrected chi connectivity index (χ4v) is 2.41. The summed E-state index contributed by atoms with van der Waals surface area (Å²) in [7, 11) is 0. The van der Waals surface area contributed by atoms with Crippen molar-refractivity contribution < 1.29 is 0 Å². The van der Waals surface area contributed by atoms with Gasteiger partial charge in [-0.25, -0.2) is 0 Å². The Kier molecular flexibility index (Phi) is 5.34. The summed E-state index contributed by atoms with van der Waals surface area (Å²) in [5, 5.41) is 0. The van der Waals surface area contributed by atoms with Gasteiger partial charge < -0.3 is 0 Å². The van der Waals surface area contributed by atoms with Gasteiger partial charge in [-0.05, 0) is 31.6 Å². The number of hydrogen-bond donors (Lipinski definition) is 0. The molecule has 0 heterocycles. The number of rotatable bonds is 1. The van der Waals surface area contributed by atoms with Crippen LogP contribution in [0.2, 0.25) is 0 Å². The fraction of sp³-hybridized carbons (Fsp3) is 0.923. The molecule has 0 aromatic carbocycles. The van der Waals surface area contributed by atoms with E-state index in [-0.39, 0.29) is 0 Å². The molecular weight excluding hydrogens is 156 g/mol. The van der Waals surface area contributed by atoms with E-state index in [0.29, 0.717) is 0 Å². The van der Waals surface area contributed by atoms with Gasteiger partial charge >= 0.3 is 0 Å². The minimum atomic E-state index is 1.03. The van der Waals surface area contributed by atoms with Crippen LogP contribution in [-0.2, 0) is 0 Å². The predicted molar refractivity (Wildman–Crippen MR) is 59.6 cm³/mol. The standard InChI is InChI=1S/C13H25/c1-3-13-10-6-4-5-8-12(2)9-7-11-13/h13H,3-11H2,1-2H3/q+1. The minimum Gasteiger partial charge on any atom is -0.0651 e. The van der Waals surface area contributed by atoms with Crippen LogP contribution >= 0.6 is 0 Å². The summed E-state index contributed by atoms with van der Waals surface area (Å²) in [5.41, 5.74) is 0. The Labute approximate surface area is 84.1 Å². The molecule has 1 atom stereocenters. The van der Waals surface area contributed by atoms with Gasteiger partial charge in [0.15, 0.2) is 0 Å². The molecule has 0 spiro atoms. The van der Waals surface area contributed by atoms with Gasteiger partial charge in [0.1, 0.15) is 0 Å². The highest BCUT2D eigenvalue weighted by atomic mass is 14.2. The molecule has 1 rings (SSSR count). The molecule has 1 saturated carbocycles. The lowest BCUT2D eigenvalue weighted by atomic mass is 9.87. The summed E-state index contributed by atoms with van der Waals surface area (Å²) in [6, 6.07) is 0. The minimum absolute atomic E-state index is 1.03. The maximum atomic E-state index is 2.35. The zero-order valence-corrected chi connectivity index (χ0v) is 9.44. The van der Waals surface area contributed by atoms with Crippen LogP contribution in [0, 0.1) is 11.8 Å². The molecule has 0 bridgehead atoms. The SMILES string of the molecule is CCC1CCCCC[C+](C)CCC1. The maximum Gasteiger partial charge on any atom is 0.0897 e. The molecule has 76 valence electrons. The van der Waals surface area contributed by atoms with Crippen molar-refractivity contribution in [3.05, 3.63) is 5.92 Å². The molecule has 1 unspecified atom stereocenters. The molecule has 0 aliphatic heterocycles. The molecule has 1 aliphatic rings. The van der Waals surface area contributed by atoms with Crippen LogP contribution in [0.25, 0.3) is 0 Å². The second kappa shape index (κ2) is 6.34. The zero-order valence-electron chi connectivity index (χ0n) is 9.44. The molecule has 0 heteroatoms. The third-order valence-corrected chi connectivity index (χ3v) is 3.51. The Bertz CT molecular complexity index is 117.